The van der Waals surface area contributed by atoms with E-state index >= 15 is 0 Å². The summed E-state index contributed by atoms with van der Waals surface area (Å²) in [7, 11) is 0. The summed E-state index contributed by atoms with van der Waals surface area (Å²) in [5.41, 5.74) is 8.77. The Morgan fingerprint density at radius 1 is 0.893 bits per heavy atom. The van der Waals surface area contributed by atoms with Crippen molar-refractivity contribution < 1.29 is 20.4 Å². The predicted molar refractivity (Wildman–Crippen MR) is 126 cm³/mol. The Morgan fingerprint density at radius 2 is 1.54 bits per heavy atom. The Hall–Kier alpha value is -0.660. The molecule has 0 radical (unpaired) electrons. The van der Waals surface area contributed by atoms with Gasteiger partial charge in [-0.05, 0) is 0 Å². The van der Waals surface area contributed by atoms with E-state index in [1.165, 1.54) is 28.7 Å². The SMILES string of the molecule is CC1=C(C)C[C]([Zr]([CH]2C=C(c3ccccc3)c3ccccc32)=[Si](C)C)=C1.Cl.Cl. The fourth-order valence-electron chi connectivity index (χ4n) is 4.33. The van der Waals surface area contributed by atoms with Crippen molar-refractivity contribution in [3.05, 3.63) is 97.9 Å². The van der Waals surface area contributed by atoms with Crippen LogP contribution in [0.3, 0.4) is 0 Å². The average molecular weight is 507 g/mol. The van der Waals surface area contributed by atoms with Crippen molar-refractivity contribution in [3.63, 3.8) is 0 Å². The minimum Gasteiger partial charge on any atom is -0.147 e. The van der Waals surface area contributed by atoms with Gasteiger partial charge in [0.25, 0.3) is 0 Å². The van der Waals surface area contributed by atoms with E-state index in [9.17, 15) is 0 Å². The second kappa shape index (κ2) is 9.90. The predicted octanol–water partition coefficient (Wildman–Crippen LogP) is 7.51. The maximum absolute atomic E-state index is 2.65. The average Bonchev–Trinajstić information content (AvgIpc) is 3.17. The molecule has 2 aliphatic rings. The first-order valence-electron chi connectivity index (χ1n) is 9.47. The number of fused-ring (bicyclic) bond motifs is 1. The number of benzene rings is 2. The van der Waals surface area contributed by atoms with Crippen LogP contribution in [-0.4, -0.2) is 5.43 Å². The minimum atomic E-state index is -1.75. The second-order valence-corrected chi connectivity index (χ2v) is 25.4. The topological polar surface area (TPSA) is 0 Å². The summed E-state index contributed by atoms with van der Waals surface area (Å²) < 4.78 is 2.56. The van der Waals surface area contributed by atoms with E-state index in [0.717, 1.165) is 0 Å². The summed E-state index contributed by atoms with van der Waals surface area (Å²) in [5, 5.41) is 0. The van der Waals surface area contributed by atoms with Crippen molar-refractivity contribution in [3.8, 4) is 0 Å². The molecule has 0 nitrogen and oxygen atoms in total. The first kappa shape index (κ1) is 23.6. The summed E-state index contributed by atoms with van der Waals surface area (Å²) in [6, 6.07) is 20.2. The first-order valence-corrected chi connectivity index (χ1v) is 18.3. The number of halogens is 2. The van der Waals surface area contributed by atoms with Crippen LogP contribution < -0.4 is 0 Å². The van der Waals surface area contributed by atoms with Gasteiger partial charge in [0.2, 0.25) is 0 Å². The molecule has 0 bridgehead atoms. The molecule has 0 N–H and O–H groups in total. The molecule has 0 heterocycles. The molecule has 0 amide bonds. The van der Waals surface area contributed by atoms with E-state index < -0.39 is 20.4 Å². The van der Waals surface area contributed by atoms with Crippen molar-refractivity contribution in [1.29, 1.82) is 0 Å². The molecule has 0 fully saturated rings. The standard InChI is InChI=1S/C15H11.C7H9.C2H6Si.2ClH.Zr/c1-2-6-12(7-3-1)15-11-10-13-8-4-5-9-14(13)15;1-6-4-3-5-7(6)2;1-3-2;;;/h1-11H;4H,5H2,1-2H3;1-2H3;2*1H;. The van der Waals surface area contributed by atoms with Crippen molar-refractivity contribution in [2.24, 2.45) is 0 Å². The van der Waals surface area contributed by atoms with Crippen LogP contribution in [0.4, 0.5) is 0 Å². The Labute approximate surface area is 189 Å². The third-order valence-corrected chi connectivity index (χ3v) is 23.7. The summed E-state index contributed by atoms with van der Waals surface area (Å²) in [4.78, 5) is 0. The van der Waals surface area contributed by atoms with Crippen molar-refractivity contribution in [1.82, 2.24) is 0 Å². The van der Waals surface area contributed by atoms with Crippen LogP contribution in [0.15, 0.2) is 81.2 Å². The van der Waals surface area contributed by atoms with E-state index in [0.29, 0.717) is 3.63 Å². The molecule has 0 spiro atoms. The van der Waals surface area contributed by atoms with Crippen LogP contribution in [0.1, 0.15) is 40.6 Å². The summed E-state index contributed by atoms with van der Waals surface area (Å²) >= 11 is -1.75. The van der Waals surface area contributed by atoms with E-state index in [2.05, 4.69) is 93.7 Å². The molecule has 146 valence electrons. The van der Waals surface area contributed by atoms with Gasteiger partial charge in [0.15, 0.2) is 0 Å². The normalized spacial score (nSPS) is 17.2. The molecule has 1 atom stereocenters. The van der Waals surface area contributed by atoms with Gasteiger partial charge in [0.05, 0.1) is 0 Å². The molecule has 4 rings (SSSR count). The van der Waals surface area contributed by atoms with Gasteiger partial charge < -0.3 is 0 Å². The molecule has 0 saturated carbocycles. The van der Waals surface area contributed by atoms with Crippen LogP contribution in [0, 0.1) is 0 Å². The molecule has 2 aromatic rings. The fourth-order valence-corrected chi connectivity index (χ4v) is 22.5. The zero-order chi connectivity index (χ0) is 18.3. The van der Waals surface area contributed by atoms with Crippen LogP contribution in [0.5, 0.6) is 0 Å². The molecule has 0 aromatic heterocycles. The van der Waals surface area contributed by atoms with Gasteiger partial charge >= 0.3 is 166 Å². The van der Waals surface area contributed by atoms with Crippen LogP contribution in [-0.2, 0) is 20.4 Å². The smallest absolute Gasteiger partial charge is 0.147 e. The molecule has 0 saturated heterocycles. The Kier molecular flexibility index (Phi) is 8.35. The zero-order valence-electron chi connectivity index (χ0n) is 17.0. The summed E-state index contributed by atoms with van der Waals surface area (Å²) in [6.45, 7) is 9.76. The minimum absolute atomic E-state index is 0. The third-order valence-electron chi connectivity index (χ3n) is 5.72. The van der Waals surface area contributed by atoms with Crippen LogP contribution in [0.2, 0.25) is 13.1 Å². The molecule has 4 heteroatoms. The van der Waals surface area contributed by atoms with E-state index in [4.69, 9.17) is 0 Å². The molecule has 28 heavy (non-hydrogen) atoms. The largest absolute Gasteiger partial charge is 0.147 e. The maximum atomic E-state index is 2.65. The van der Waals surface area contributed by atoms with E-state index in [1.807, 2.05) is 3.28 Å². The molecule has 1 unspecified atom stereocenters. The molecular formula is C24H28Cl2SiZr. The number of rotatable bonds is 3. The Balaban J connectivity index is 0.00000140. The van der Waals surface area contributed by atoms with Gasteiger partial charge in [-0.15, -0.1) is 24.8 Å². The first-order chi connectivity index (χ1) is 12.6. The van der Waals surface area contributed by atoms with Crippen molar-refractivity contribution >= 4 is 35.8 Å². The molecule has 2 aliphatic carbocycles. The van der Waals surface area contributed by atoms with Gasteiger partial charge in [-0.25, -0.2) is 0 Å². The Bertz CT molecular complexity index is 996. The number of hydrogen-bond donors (Lipinski definition) is 0. The molecule has 2 aromatic carbocycles. The number of hydrogen-bond acceptors (Lipinski definition) is 0. The monoisotopic (exact) mass is 504 g/mol. The van der Waals surface area contributed by atoms with Crippen LogP contribution in [0.25, 0.3) is 5.57 Å². The maximum Gasteiger partial charge on any atom is -0.147 e. The number of allylic oxidation sites excluding steroid dienone is 5. The van der Waals surface area contributed by atoms with Gasteiger partial charge in [0, 0.05) is 0 Å². The molecule has 0 aliphatic heterocycles. The third kappa shape index (κ3) is 4.41. The van der Waals surface area contributed by atoms with Gasteiger partial charge in [0.1, 0.15) is 0 Å². The summed E-state index contributed by atoms with van der Waals surface area (Å²) in [5.74, 6) is 0. The van der Waals surface area contributed by atoms with Gasteiger partial charge in [-0.3, -0.25) is 0 Å². The van der Waals surface area contributed by atoms with E-state index in [1.54, 1.807) is 11.1 Å². The van der Waals surface area contributed by atoms with Gasteiger partial charge in [-0.2, -0.15) is 0 Å². The van der Waals surface area contributed by atoms with Crippen molar-refractivity contribution in [2.45, 2.75) is 37.0 Å². The van der Waals surface area contributed by atoms with E-state index in [-0.39, 0.29) is 30.2 Å². The summed E-state index contributed by atoms with van der Waals surface area (Å²) in [6.07, 6.45) is 6.47. The second-order valence-electron chi connectivity index (χ2n) is 7.73. The zero-order valence-corrected chi connectivity index (χ0v) is 22.0. The van der Waals surface area contributed by atoms with Gasteiger partial charge in [-0.1, -0.05) is 0 Å². The fraction of sp³-hybridized carbons (Fsp3) is 0.250. The molecular weight excluding hydrogens is 478 g/mol. The Morgan fingerprint density at radius 3 is 2.14 bits per heavy atom. The quantitative estimate of drug-likeness (QED) is 0.378. The van der Waals surface area contributed by atoms with Crippen molar-refractivity contribution in [2.75, 3.05) is 0 Å². The van der Waals surface area contributed by atoms with Crippen LogP contribution >= 0.6 is 24.8 Å².